The van der Waals surface area contributed by atoms with E-state index in [1.807, 2.05) is 33.8 Å². The monoisotopic (exact) mass is 313 g/mol. The van der Waals surface area contributed by atoms with Crippen molar-refractivity contribution in [2.24, 2.45) is 10.7 Å². The van der Waals surface area contributed by atoms with Gasteiger partial charge in [0.15, 0.2) is 0 Å². The topological polar surface area (TPSA) is 85.9 Å². The zero-order valence-electron chi connectivity index (χ0n) is 14.7. The standard InChI is InChI=1S/C16H31N3O3/c1-8-10-16(5,21-7)11-9-12(13(17)18-6)19-14(20)22-15(2,3)4/h8,12H,1,9-11H2,2-7H3,(H2,17,18)(H,19,20). The van der Waals surface area contributed by atoms with E-state index >= 15 is 0 Å². The van der Waals surface area contributed by atoms with Crippen LogP contribution < -0.4 is 11.1 Å². The van der Waals surface area contributed by atoms with Gasteiger partial charge in [-0.1, -0.05) is 6.08 Å². The van der Waals surface area contributed by atoms with E-state index in [1.165, 1.54) is 0 Å². The second-order valence-electron chi connectivity index (χ2n) is 6.53. The number of alkyl carbamates (subject to hydrolysis) is 1. The largest absolute Gasteiger partial charge is 0.444 e. The number of aliphatic imine (C=N–C) groups is 1. The summed E-state index contributed by atoms with van der Waals surface area (Å²) in [5.41, 5.74) is 4.99. The van der Waals surface area contributed by atoms with Crippen molar-refractivity contribution in [1.82, 2.24) is 5.32 Å². The quantitative estimate of drug-likeness (QED) is 0.410. The summed E-state index contributed by atoms with van der Waals surface area (Å²) in [5, 5.41) is 2.76. The fourth-order valence-corrected chi connectivity index (χ4v) is 1.94. The minimum atomic E-state index is -0.559. The zero-order chi connectivity index (χ0) is 17.4. The smallest absolute Gasteiger partial charge is 0.408 e. The van der Waals surface area contributed by atoms with Crippen LogP contribution in [0.2, 0.25) is 0 Å². The van der Waals surface area contributed by atoms with Crippen molar-refractivity contribution in [3.63, 3.8) is 0 Å². The number of ether oxygens (including phenoxy) is 2. The Morgan fingerprint density at radius 1 is 1.41 bits per heavy atom. The Kier molecular flexibility index (Phi) is 8.16. The first-order chi connectivity index (χ1) is 10.1. The molecule has 1 amide bonds. The van der Waals surface area contributed by atoms with Crippen molar-refractivity contribution < 1.29 is 14.3 Å². The normalized spacial score (nSPS) is 16.5. The summed E-state index contributed by atoms with van der Waals surface area (Å²) in [6.07, 6.45) is 3.32. The van der Waals surface area contributed by atoms with E-state index in [9.17, 15) is 4.79 Å². The van der Waals surface area contributed by atoms with Gasteiger partial charge in [0.05, 0.1) is 11.6 Å². The van der Waals surface area contributed by atoms with Gasteiger partial charge in [-0.05, 0) is 47.0 Å². The van der Waals surface area contributed by atoms with Gasteiger partial charge in [0, 0.05) is 14.2 Å². The van der Waals surface area contributed by atoms with E-state index in [0.29, 0.717) is 25.1 Å². The maximum absolute atomic E-state index is 11.9. The Morgan fingerprint density at radius 2 is 2.00 bits per heavy atom. The third kappa shape index (κ3) is 8.02. The number of nitrogens with zero attached hydrogens (tertiary/aromatic N) is 1. The van der Waals surface area contributed by atoms with E-state index < -0.39 is 11.7 Å². The molecule has 6 nitrogen and oxygen atoms in total. The molecular formula is C16H31N3O3. The molecule has 0 saturated heterocycles. The molecule has 0 spiro atoms. The van der Waals surface area contributed by atoms with E-state index in [2.05, 4.69) is 16.9 Å². The number of amides is 1. The summed E-state index contributed by atoms with van der Waals surface area (Å²) in [6.45, 7) is 11.2. The molecule has 0 aliphatic carbocycles. The van der Waals surface area contributed by atoms with Crippen molar-refractivity contribution in [3.8, 4) is 0 Å². The number of amidine groups is 1. The van der Waals surface area contributed by atoms with Crippen LogP contribution in [-0.4, -0.2) is 43.3 Å². The molecule has 0 aliphatic heterocycles. The summed E-state index contributed by atoms with van der Waals surface area (Å²) >= 11 is 0. The van der Waals surface area contributed by atoms with Gasteiger partial charge in [-0.3, -0.25) is 4.99 Å². The molecule has 0 rings (SSSR count). The molecule has 0 aliphatic rings. The van der Waals surface area contributed by atoms with Crippen LogP contribution in [0.15, 0.2) is 17.6 Å². The molecule has 2 unspecified atom stereocenters. The maximum Gasteiger partial charge on any atom is 0.408 e. The van der Waals surface area contributed by atoms with Crippen molar-refractivity contribution in [2.75, 3.05) is 14.2 Å². The lowest BCUT2D eigenvalue weighted by Gasteiger charge is -2.29. The highest BCUT2D eigenvalue weighted by atomic mass is 16.6. The number of hydrogen-bond acceptors (Lipinski definition) is 4. The fourth-order valence-electron chi connectivity index (χ4n) is 1.94. The van der Waals surface area contributed by atoms with E-state index in [-0.39, 0.29) is 11.6 Å². The highest BCUT2D eigenvalue weighted by Gasteiger charge is 2.27. The SMILES string of the molecule is C=CCC(C)(CCC(NC(=O)OC(C)(C)C)C(N)=NC)OC. The van der Waals surface area contributed by atoms with Gasteiger partial charge in [0.25, 0.3) is 0 Å². The van der Waals surface area contributed by atoms with Gasteiger partial charge in [0.1, 0.15) is 11.4 Å². The van der Waals surface area contributed by atoms with Crippen molar-refractivity contribution in [3.05, 3.63) is 12.7 Å². The van der Waals surface area contributed by atoms with Gasteiger partial charge in [-0.15, -0.1) is 6.58 Å². The van der Waals surface area contributed by atoms with E-state index in [4.69, 9.17) is 15.2 Å². The Labute approximate surface area is 134 Å². The third-order valence-corrected chi connectivity index (χ3v) is 3.34. The highest BCUT2D eigenvalue weighted by molar-refractivity contribution is 5.88. The highest BCUT2D eigenvalue weighted by Crippen LogP contribution is 2.22. The average molecular weight is 313 g/mol. The zero-order valence-corrected chi connectivity index (χ0v) is 14.7. The summed E-state index contributed by atoms with van der Waals surface area (Å²) in [7, 11) is 3.26. The van der Waals surface area contributed by atoms with Crippen LogP contribution in [0.4, 0.5) is 4.79 Å². The molecule has 0 aromatic carbocycles. The molecule has 0 bridgehead atoms. The summed E-state index contributed by atoms with van der Waals surface area (Å²) in [4.78, 5) is 15.9. The molecule has 22 heavy (non-hydrogen) atoms. The molecule has 0 saturated carbocycles. The van der Waals surface area contributed by atoms with Crippen LogP contribution in [0.25, 0.3) is 0 Å². The first-order valence-electron chi connectivity index (χ1n) is 7.44. The van der Waals surface area contributed by atoms with Crippen molar-refractivity contribution in [1.29, 1.82) is 0 Å². The Morgan fingerprint density at radius 3 is 2.41 bits per heavy atom. The minimum absolute atomic E-state index is 0.344. The predicted octanol–water partition coefficient (Wildman–Crippen LogP) is 2.63. The molecule has 6 heteroatoms. The fraction of sp³-hybridized carbons (Fsp3) is 0.750. The summed E-state index contributed by atoms with van der Waals surface area (Å²) < 4.78 is 10.8. The Bertz CT molecular complexity index is 402. The van der Waals surface area contributed by atoms with Crippen LogP contribution in [0, 0.1) is 0 Å². The Balaban J connectivity index is 4.80. The lowest BCUT2D eigenvalue weighted by molar-refractivity contribution is -0.00142. The number of carbonyl (C=O) groups excluding carboxylic acids is 1. The van der Waals surface area contributed by atoms with Crippen molar-refractivity contribution in [2.45, 2.75) is 64.2 Å². The van der Waals surface area contributed by atoms with E-state index in [0.717, 1.165) is 0 Å². The first-order valence-corrected chi connectivity index (χ1v) is 7.44. The number of nitrogens with one attached hydrogen (secondary N) is 1. The molecule has 0 radical (unpaired) electrons. The van der Waals surface area contributed by atoms with E-state index in [1.54, 1.807) is 14.2 Å². The molecule has 128 valence electrons. The molecule has 0 fully saturated rings. The number of hydrogen-bond donors (Lipinski definition) is 2. The van der Waals surface area contributed by atoms with Crippen LogP contribution in [0.1, 0.15) is 47.0 Å². The number of rotatable bonds is 8. The van der Waals surface area contributed by atoms with Gasteiger partial charge < -0.3 is 20.5 Å². The molecule has 2 atom stereocenters. The molecule has 0 heterocycles. The first kappa shape index (κ1) is 20.4. The number of methoxy groups -OCH3 is 1. The number of carbonyl (C=O) groups is 1. The van der Waals surface area contributed by atoms with Gasteiger partial charge >= 0.3 is 6.09 Å². The van der Waals surface area contributed by atoms with Gasteiger partial charge in [-0.2, -0.15) is 0 Å². The lowest BCUT2D eigenvalue weighted by atomic mass is 9.93. The summed E-state index contributed by atoms with van der Waals surface area (Å²) in [5.74, 6) is 0.364. The summed E-state index contributed by atoms with van der Waals surface area (Å²) in [6, 6.07) is -0.390. The molecule has 0 aromatic rings. The molecular weight excluding hydrogens is 282 g/mol. The molecule has 0 aromatic heterocycles. The van der Waals surface area contributed by atoms with Crippen LogP contribution in [-0.2, 0) is 9.47 Å². The maximum atomic E-state index is 11.9. The van der Waals surface area contributed by atoms with Crippen LogP contribution in [0.3, 0.4) is 0 Å². The van der Waals surface area contributed by atoms with Gasteiger partial charge in [0.2, 0.25) is 0 Å². The predicted molar refractivity (Wildman–Crippen MR) is 90.2 cm³/mol. The van der Waals surface area contributed by atoms with Gasteiger partial charge in [-0.25, -0.2) is 4.79 Å². The minimum Gasteiger partial charge on any atom is -0.444 e. The average Bonchev–Trinajstić information content (AvgIpc) is 2.40. The van der Waals surface area contributed by atoms with Crippen LogP contribution in [0.5, 0.6) is 0 Å². The lowest BCUT2D eigenvalue weighted by Crippen LogP contribution is -2.47. The third-order valence-electron chi connectivity index (χ3n) is 3.34. The second-order valence-corrected chi connectivity index (χ2v) is 6.53. The second kappa shape index (κ2) is 8.78. The van der Waals surface area contributed by atoms with Crippen molar-refractivity contribution >= 4 is 11.9 Å². The van der Waals surface area contributed by atoms with Crippen LogP contribution >= 0.6 is 0 Å². The number of nitrogens with two attached hydrogens (primary N) is 1. The Hall–Kier alpha value is -1.56. The molecule has 3 N–H and O–H groups in total.